The molecule has 0 radical (unpaired) electrons. The number of aryl methyl sites for hydroxylation is 1. The van der Waals surface area contributed by atoms with Crippen LogP contribution in [0.1, 0.15) is 25.0 Å². The fourth-order valence-corrected chi connectivity index (χ4v) is 1.30. The van der Waals surface area contributed by atoms with Crippen molar-refractivity contribution >= 4 is 0 Å². The maximum Gasteiger partial charge on any atom is 0.102 e. The van der Waals surface area contributed by atoms with Gasteiger partial charge in [0.25, 0.3) is 0 Å². The van der Waals surface area contributed by atoms with Crippen molar-refractivity contribution in [2.75, 3.05) is 0 Å². The summed E-state index contributed by atoms with van der Waals surface area (Å²) in [6.45, 7) is 5.78. The second-order valence-corrected chi connectivity index (χ2v) is 3.95. The molecule has 0 amide bonds. The van der Waals surface area contributed by atoms with Crippen molar-refractivity contribution in [2.45, 2.75) is 32.8 Å². The normalized spacial score (nSPS) is 11.7. The first-order valence-corrected chi connectivity index (χ1v) is 4.42. The van der Waals surface area contributed by atoms with Crippen molar-refractivity contribution in [2.24, 2.45) is 0 Å². The van der Waals surface area contributed by atoms with Crippen LogP contribution in [0.2, 0.25) is 0 Å². The standard InChI is InChI=1S/C11H16O2/c1-9-6-4-5-7-10(9)8-11(2,3)13-12/h4-7,12H,8H2,1-3H3. The Balaban J connectivity index is 2.80. The Labute approximate surface area is 79.1 Å². The zero-order valence-electron chi connectivity index (χ0n) is 8.37. The molecule has 0 aliphatic rings. The van der Waals surface area contributed by atoms with Crippen LogP contribution in [0.3, 0.4) is 0 Å². The summed E-state index contributed by atoms with van der Waals surface area (Å²) < 4.78 is 0. The fraction of sp³-hybridized carbons (Fsp3) is 0.455. The summed E-state index contributed by atoms with van der Waals surface area (Å²) in [5.74, 6) is 0. The van der Waals surface area contributed by atoms with Gasteiger partial charge in [0, 0.05) is 6.42 Å². The molecule has 0 aliphatic carbocycles. The fourth-order valence-electron chi connectivity index (χ4n) is 1.30. The topological polar surface area (TPSA) is 29.5 Å². The molecule has 1 N–H and O–H groups in total. The molecule has 0 spiro atoms. The third-order valence-corrected chi connectivity index (χ3v) is 2.12. The molecule has 0 atom stereocenters. The Morgan fingerprint density at radius 1 is 1.31 bits per heavy atom. The molecule has 1 rings (SSSR count). The van der Waals surface area contributed by atoms with Gasteiger partial charge in [-0.25, -0.2) is 4.89 Å². The summed E-state index contributed by atoms with van der Waals surface area (Å²) in [4.78, 5) is 4.40. The molecule has 72 valence electrons. The van der Waals surface area contributed by atoms with Gasteiger partial charge in [0.05, 0.1) is 0 Å². The van der Waals surface area contributed by atoms with Crippen LogP contribution in [0.15, 0.2) is 24.3 Å². The van der Waals surface area contributed by atoms with Gasteiger partial charge in [0.1, 0.15) is 5.60 Å². The van der Waals surface area contributed by atoms with Crippen LogP contribution < -0.4 is 0 Å². The molecule has 0 heterocycles. The lowest BCUT2D eigenvalue weighted by Gasteiger charge is -2.21. The van der Waals surface area contributed by atoms with E-state index in [1.807, 2.05) is 26.0 Å². The van der Waals surface area contributed by atoms with Crippen LogP contribution in [0.5, 0.6) is 0 Å². The number of hydrogen-bond donors (Lipinski definition) is 1. The van der Waals surface area contributed by atoms with Gasteiger partial charge in [-0.3, -0.25) is 5.26 Å². The van der Waals surface area contributed by atoms with E-state index in [-0.39, 0.29) is 0 Å². The van der Waals surface area contributed by atoms with Gasteiger partial charge in [0.15, 0.2) is 0 Å². The van der Waals surface area contributed by atoms with E-state index in [1.54, 1.807) is 0 Å². The largest absolute Gasteiger partial charge is 0.251 e. The number of hydrogen-bond acceptors (Lipinski definition) is 2. The van der Waals surface area contributed by atoms with Gasteiger partial charge in [-0.2, -0.15) is 0 Å². The first-order chi connectivity index (χ1) is 6.05. The maximum atomic E-state index is 8.65. The Bertz CT molecular complexity index is 279. The summed E-state index contributed by atoms with van der Waals surface area (Å²) in [6, 6.07) is 8.11. The Kier molecular flexibility index (Phi) is 3.07. The minimum atomic E-state index is -0.508. The van der Waals surface area contributed by atoms with E-state index in [0.29, 0.717) is 0 Å². The van der Waals surface area contributed by atoms with Crippen molar-refractivity contribution in [3.63, 3.8) is 0 Å². The van der Waals surface area contributed by atoms with Gasteiger partial charge in [-0.05, 0) is 31.9 Å². The average Bonchev–Trinajstić information content (AvgIpc) is 2.09. The van der Waals surface area contributed by atoms with E-state index in [9.17, 15) is 0 Å². The third-order valence-electron chi connectivity index (χ3n) is 2.12. The van der Waals surface area contributed by atoms with Crippen molar-refractivity contribution in [3.8, 4) is 0 Å². The predicted molar refractivity (Wildman–Crippen MR) is 52.7 cm³/mol. The minimum Gasteiger partial charge on any atom is -0.251 e. The number of rotatable bonds is 3. The average molecular weight is 180 g/mol. The monoisotopic (exact) mass is 180 g/mol. The van der Waals surface area contributed by atoms with Gasteiger partial charge in [-0.1, -0.05) is 24.3 Å². The Hall–Kier alpha value is -0.860. The smallest absolute Gasteiger partial charge is 0.102 e. The van der Waals surface area contributed by atoms with E-state index < -0.39 is 5.60 Å². The minimum absolute atomic E-state index is 0.508. The number of benzene rings is 1. The van der Waals surface area contributed by atoms with Crippen molar-refractivity contribution in [3.05, 3.63) is 35.4 Å². The van der Waals surface area contributed by atoms with Crippen LogP contribution in [0, 0.1) is 6.92 Å². The SMILES string of the molecule is Cc1ccccc1CC(C)(C)OO. The molecule has 1 aromatic carbocycles. The molecule has 0 fully saturated rings. The van der Waals surface area contributed by atoms with E-state index in [2.05, 4.69) is 23.9 Å². The van der Waals surface area contributed by atoms with Crippen LogP contribution in [-0.4, -0.2) is 10.9 Å². The third kappa shape index (κ3) is 2.83. The van der Waals surface area contributed by atoms with E-state index >= 15 is 0 Å². The summed E-state index contributed by atoms with van der Waals surface area (Å²) >= 11 is 0. The summed E-state index contributed by atoms with van der Waals surface area (Å²) in [6.07, 6.45) is 0.718. The lowest BCUT2D eigenvalue weighted by molar-refractivity contribution is -0.312. The van der Waals surface area contributed by atoms with Gasteiger partial charge < -0.3 is 0 Å². The van der Waals surface area contributed by atoms with Gasteiger partial charge in [-0.15, -0.1) is 0 Å². The zero-order valence-corrected chi connectivity index (χ0v) is 8.37. The quantitative estimate of drug-likeness (QED) is 0.572. The molecule has 0 saturated carbocycles. The van der Waals surface area contributed by atoms with Crippen molar-refractivity contribution in [1.82, 2.24) is 0 Å². The molecular weight excluding hydrogens is 164 g/mol. The van der Waals surface area contributed by atoms with Crippen LogP contribution in [0.25, 0.3) is 0 Å². The lowest BCUT2D eigenvalue weighted by Crippen LogP contribution is -2.26. The molecular formula is C11H16O2. The molecule has 2 nitrogen and oxygen atoms in total. The molecule has 0 aromatic heterocycles. The van der Waals surface area contributed by atoms with Crippen LogP contribution in [0.4, 0.5) is 0 Å². The van der Waals surface area contributed by atoms with E-state index in [4.69, 9.17) is 5.26 Å². The van der Waals surface area contributed by atoms with Crippen molar-refractivity contribution in [1.29, 1.82) is 0 Å². The van der Waals surface area contributed by atoms with Crippen LogP contribution >= 0.6 is 0 Å². The highest BCUT2D eigenvalue weighted by Crippen LogP contribution is 2.18. The summed E-state index contributed by atoms with van der Waals surface area (Å²) in [7, 11) is 0. The molecule has 1 aromatic rings. The molecule has 0 unspecified atom stereocenters. The summed E-state index contributed by atoms with van der Waals surface area (Å²) in [5, 5.41) is 8.65. The van der Waals surface area contributed by atoms with E-state index in [0.717, 1.165) is 6.42 Å². The second kappa shape index (κ2) is 3.90. The first-order valence-electron chi connectivity index (χ1n) is 4.42. The molecule has 13 heavy (non-hydrogen) atoms. The molecule has 2 heteroatoms. The second-order valence-electron chi connectivity index (χ2n) is 3.95. The molecule has 0 saturated heterocycles. The van der Waals surface area contributed by atoms with Crippen molar-refractivity contribution < 1.29 is 10.1 Å². The van der Waals surface area contributed by atoms with Gasteiger partial charge >= 0.3 is 0 Å². The van der Waals surface area contributed by atoms with Gasteiger partial charge in [0.2, 0.25) is 0 Å². The molecule has 0 aliphatic heterocycles. The lowest BCUT2D eigenvalue weighted by atomic mass is 9.95. The molecule has 0 bridgehead atoms. The van der Waals surface area contributed by atoms with Crippen LogP contribution in [-0.2, 0) is 11.3 Å². The maximum absolute atomic E-state index is 8.65. The predicted octanol–water partition coefficient (Wildman–Crippen LogP) is 2.81. The highest BCUT2D eigenvalue weighted by Gasteiger charge is 2.19. The summed E-state index contributed by atoms with van der Waals surface area (Å²) in [5.41, 5.74) is 1.93. The Morgan fingerprint density at radius 2 is 1.92 bits per heavy atom. The first kappa shape index (κ1) is 10.2. The Morgan fingerprint density at radius 3 is 2.46 bits per heavy atom. The van der Waals surface area contributed by atoms with E-state index in [1.165, 1.54) is 11.1 Å². The highest BCUT2D eigenvalue weighted by atomic mass is 17.1. The highest BCUT2D eigenvalue weighted by molar-refractivity contribution is 5.26. The zero-order chi connectivity index (χ0) is 9.90.